The molecular weight excluding hydrogens is 413 g/mol. The minimum absolute atomic E-state index is 0.283. The van der Waals surface area contributed by atoms with Crippen molar-refractivity contribution in [2.24, 2.45) is 5.10 Å². The Balaban J connectivity index is 1.52. The van der Waals surface area contributed by atoms with Gasteiger partial charge in [0.15, 0.2) is 0 Å². The number of piperazine rings is 1. The van der Waals surface area contributed by atoms with Gasteiger partial charge in [-0.15, -0.1) is 0 Å². The Labute approximate surface area is 193 Å². The van der Waals surface area contributed by atoms with E-state index < -0.39 is 0 Å². The molecule has 0 saturated carbocycles. The van der Waals surface area contributed by atoms with Crippen LogP contribution < -0.4 is 0 Å². The van der Waals surface area contributed by atoms with E-state index >= 15 is 0 Å². The Kier molecular flexibility index (Phi) is 6.00. The first-order valence-electron chi connectivity index (χ1n) is 11.2. The predicted octanol–water partition coefficient (Wildman–Crippen LogP) is 4.93. The molecule has 5 nitrogen and oxygen atoms in total. The zero-order valence-corrected chi connectivity index (χ0v) is 18.6. The third kappa shape index (κ3) is 4.56. The van der Waals surface area contributed by atoms with Crippen LogP contribution in [0.4, 0.5) is 4.39 Å². The van der Waals surface area contributed by atoms with Crippen LogP contribution in [-0.2, 0) is 0 Å². The van der Waals surface area contributed by atoms with Gasteiger partial charge in [0.1, 0.15) is 5.82 Å². The van der Waals surface area contributed by atoms with Gasteiger partial charge in [-0.3, -0.25) is 5.01 Å². The molecule has 6 heteroatoms. The molecule has 1 aliphatic rings. The fourth-order valence-corrected chi connectivity index (χ4v) is 4.06. The number of benzene rings is 3. The summed E-state index contributed by atoms with van der Waals surface area (Å²) in [5.41, 5.74) is 5.12. The van der Waals surface area contributed by atoms with Crippen molar-refractivity contribution in [2.45, 2.75) is 0 Å². The Hall–Kier alpha value is -3.77. The smallest absolute Gasteiger partial charge is 0.132 e. The van der Waals surface area contributed by atoms with Gasteiger partial charge in [0.05, 0.1) is 23.8 Å². The van der Waals surface area contributed by atoms with Gasteiger partial charge in [0.25, 0.3) is 0 Å². The van der Waals surface area contributed by atoms with Gasteiger partial charge in [-0.2, -0.15) is 10.2 Å². The van der Waals surface area contributed by atoms with E-state index in [-0.39, 0.29) is 5.82 Å². The van der Waals surface area contributed by atoms with Gasteiger partial charge in [-0.1, -0.05) is 54.6 Å². The average Bonchev–Trinajstić information content (AvgIpc) is 3.28. The standard InChI is InChI=1S/C27H26FN5/c1-31-15-17-32(18-16-31)29-19-23-20-30-33(27(23)25-9-5-6-10-26(25)28)24-13-11-22(12-14-24)21-7-3-2-4-8-21/h2-14,19-20H,15-18H2,1H3/b29-19+. The lowest BCUT2D eigenvalue weighted by molar-refractivity contribution is 0.159. The molecule has 4 aromatic rings. The summed E-state index contributed by atoms with van der Waals surface area (Å²) in [5.74, 6) is -0.283. The van der Waals surface area contributed by atoms with E-state index in [9.17, 15) is 4.39 Å². The fourth-order valence-electron chi connectivity index (χ4n) is 4.06. The Morgan fingerprint density at radius 2 is 1.48 bits per heavy atom. The van der Waals surface area contributed by atoms with Crippen LogP contribution in [0.2, 0.25) is 0 Å². The van der Waals surface area contributed by atoms with Crippen LogP contribution in [0.25, 0.3) is 28.1 Å². The molecule has 0 N–H and O–H groups in total. The maximum atomic E-state index is 14.9. The third-order valence-electron chi connectivity index (χ3n) is 5.99. The Bertz CT molecular complexity index is 1240. The lowest BCUT2D eigenvalue weighted by Crippen LogP contribution is -2.41. The fraction of sp³-hybridized carbons (Fsp3) is 0.185. The molecule has 3 aromatic carbocycles. The molecular formula is C27H26FN5. The summed E-state index contributed by atoms with van der Waals surface area (Å²) in [7, 11) is 2.12. The molecule has 0 aliphatic carbocycles. The van der Waals surface area contributed by atoms with E-state index in [4.69, 9.17) is 0 Å². The van der Waals surface area contributed by atoms with Crippen LogP contribution in [0.3, 0.4) is 0 Å². The van der Waals surface area contributed by atoms with Crippen molar-refractivity contribution >= 4 is 6.21 Å². The van der Waals surface area contributed by atoms with Crippen LogP contribution in [-0.4, -0.2) is 59.1 Å². The van der Waals surface area contributed by atoms with Crippen molar-refractivity contribution in [2.75, 3.05) is 33.2 Å². The third-order valence-corrected chi connectivity index (χ3v) is 5.99. The number of hydrazone groups is 1. The number of hydrogen-bond acceptors (Lipinski definition) is 4. The molecule has 166 valence electrons. The summed E-state index contributed by atoms with van der Waals surface area (Å²) in [5, 5.41) is 11.3. The first-order chi connectivity index (χ1) is 16.2. The number of aromatic nitrogens is 2. The first kappa shape index (κ1) is 21.1. The first-order valence-corrected chi connectivity index (χ1v) is 11.2. The topological polar surface area (TPSA) is 36.7 Å². The summed E-state index contributed by atoms with van der Waals surface area (Å²) in [4.78, 5) is 2.29. The van der Waals surface area contributed by atoms with Crippen molar-refractivity contribution in [1.82, 2.24) is 19.7 Å². The quantitative estimate of drug-likeness (QED) is 0.414. The minimum atomic E-state index is -0.283. The minimum Gasteiger partial charge on any atom is -0.303 e. The van der Waals surface area contributed by atoms with Crippen LogP contribution in [0, 0.1) is 5.82 Å². The van der Waals surface area contributed by atoms with E-state index in [2.05, 4.69) is 51.4 Å². The SMILES string of the molecule is CN1CCN(/N=C/c2cnn(-c3ccc(-c4ccccc4)cc3)c2-c2ccccc2F)CC1. The molecule has 0 radical (unpaired) electrons. The number of halogens is 1. The van der Waals surface area contributed by atoms with Crippen LogP contribution in [0.5, 0.6) is 0 Å². The number of rotatable bonds is 5. The van der Waals surface area contributed by atoms with Crippen LogP contribution >= 0.6 is 0 Å². The van der Waals surface area contributed by atoms with Gasteiger partial charge in [0, 0.05) is 37.3 Å². The molecule has 1 aliphatic heterocycles. The molecule has 1 aromatic heterocycles. The van der Waals surface area contributed by atoms with Gasteiger partial charge >= 0.3 is 0 Å². The number of likely N-dealkylation sites (N-methyl/N-ethyl adjacent to an activating group) is 1. The van der Waals surface area contributed by atoms with E-state index in [1.54, 1.807) is 29.2 Å². The Morgan fingerprint density at radius 1 is 0.818 bits per heavy atom. The van der Waals surface area contributed by atoms with Gasteiger partial charge in [-0.25, -0.2) is 9.07 Å². The molecule has 1 saturated heterocycles. The van der Waals surface area contributed by atoms with Crippen molar-refractivity contribution < 1.29 is 4.39 Å². The zero-order valence-electron chi connectivity index (χ0n) is 18.6. The average molecular weight is 440 g/mol. The molecule has 0 spiro atoms. The van der Waals surface area contributed by atoms with E-state index in [1.807, 2.05) is 36.4 Å². The molecule has 5 rings (SSSR count). The molecule has 2 heterocycles. The summed E-state index contributed by atoms with van der Waals surface area (Å²) in [6, 6.07) is 25.2. The second-order valence-electron chi connectivity index (χ2n) is 8.25. The highest BCUT2D eigenvalue weighted by Gasteiger charge is 2.18. The zero-order chi connectivity index (χ0) is 22.6. The predicted molar refractivity (Wildman–Crippen MR) is 131 cm³/mol. The Morgan fingerprint density at radius 3 is 2.21 bits per heavy atom. The van der Waals surface area contributed by atoms with Crippen molar-refractivity contribution in [3.63, 3.8) is 0 Å². The van der Waals surface area contributed by atoms with E-state index in [1.165, 1.54) is 6.07 Å². The van der Waals surface area contributed by atoms with E-state index in [0.29, 0.717) is 11.3 Å². The molecule has 0 amide bonds. The highest BCUT2D eigenvalue weighted by Crippen LogP contribution is 2.29. The second-order valence-corrected chi connectivity index (χ2v) is 8.25. The van der Waals surface area contributed by atoms with Crippen molar-refractivity contribution in [3.8, 4) is 28.1 Å². The van der Waals surface area contributed by atoms with Crippen molar-refractivity contribution in [1.29, 1.82) is 0 Å². The summed E-state index contributed by atoms with van der Waals surface area (Å²) >= 11 is 0. The lowest BCUT2D eigenvalue weighted by atomic mass is 10.0. The lowest BCUT2D eigenvalue weighted by Gasteiger charge is -2.30. The van der Waals surface area contributed by atoms with Crippen LogP contribution in [0.1, 0.15) is 5.56 Å². The summed E-state index contributed by atoms with van der Waals surface area (Å²) in [6.45, 7) is 3.70. The molecule has 1 fully saturated rings. The highest BCUT2D eigenvalue weighted by atomic mass is 19.1. The van der Waals surface area contributed by atoms with Gasteiger partial charge < -0.3 is 4.90 Å². The van der Waals surface area contributed by atoms with Crippen LogP contribution in [0.15, 0.2) is 90.2 Å². The molecule has 0 atom stereocenters. The monoisotopic (exact) mass is 439 g/mol. The maximum Gasteiger partial charge on any atom is 0.132 e. The largest absolute Gasteiger partial charge is 0.303 e. The van der Waals surface area contributed by atoms with E-state index in [0.717, 1.165) is 48.6 Å². The highest BCUT2D eigenvalue weighted by molar-refractivity contribution is 5.89. The van der Waals surface area contributed by atoms with Crippen molar-refractivity contribution in [3.05, 3.63) is 96.4 Å². The van der Waals surface area contributed by atoms with Gasteiger partial charge in [-0.05, 0) is 42.4 Å². The maximum absolute atomic E-state index is 14.9. The number of nitrogens with zero attached hydrogens (tertiary/aromatic N) is 5. The van der Waals surface area contributed by atoms with Gasteiger partial charge in [0.2, 0.25) is 0 Å². The number of hydrogen-bond donors (Lipinski definition) is 0. The normalized spacial score (nSPS) is 14.8. The summed E-state index contributed by atoms with van der Waals surface area (Å²) in [6.07, 6.45) is 3.56. The molecule has 0 unspecified atom stereocenters. The molecule has 0 bridgehead atoms. The summed E-state index contributed by atoms with van der Waals surface area (Å²) < 4.78 is 16.6. The molecule has 33 heavy (non-hydrogen) atoms. The second kappa shape index (κ2) is 9.38.